The smallest absolute Gasteiger partial charge is 0.253 e. The molecule has 0 bridgehead atoms. The molecule has 2 aliphatic heterocycles. The lowest BCUT2D eigenvalue weighted by Gasteiger charge is -2.37. The number of nitrogens with one attached hydrogen (secondary N) is 2. The monoisotopic (exact) mass is 553 g/mol. The third-order valence-corrected chi connectivity index (χ3v) is 7.51. The summed E-state index contributed by atoms with van der Waals surface area (Å²) in [7, 11) is 0. The van der Waals surface area contributed by atoms with E-state index in [1.165, 1.54) is 11.6 Å². The van der Waals surface area contributed by atoms with Gasteiger partial charge in [-0.05, 0) is 35.4 Å². The SMILES string of the molecule is O=C(/C=C/c1ccccc1)Nc1ccc(N2CCN(Cc3ccccc3)CC2)c(C(=O)NCCN2CCOCC2)c1. The summed E-state index contributed by atoms with van der Waals surface area (Å²) in [6.45, 7) is 8.96. The van der Waals surface area contributed by atoms with Gasteiger partial charge in [-0.15, -0.1) is 0 Å². The summed E-state index contributed by atoms with van der Waals surface area (Å²) in [5.74, 6) is -0.370. The van der Waals surface area contributed by atoms with E-state index in [1.807, 2.05) is 48.5 Å². The van der Waals surface area contributed by atoms with Gasteiger partial charge < -0.3 is 20.3 Å². The van der Waals surface area contributed by atoms with E-state index in [2.05, 4.69) is 49.6 Å². The van der Waals surface area contributed by atoms with Gasteiger partial charge in [0, 0.05) is 76.4 Å². The van der Waals surface area contributed by atoms with Crippen molar-refractivity contribution in [2.24, 2.45) is 0 Å². The van der Waals surface area contributed by atoms with Crippen LogP contribution in [0.5, 0.6) is 0 Å². The van der Waals surface area contributed by atoms with E-state index in [-0.39, 0.29) is 11.8 Å². The van der Waals surface area contributed by atoms with Gasteiger partial charge in [-0.3, -0.25) is 19.4 Å². The first-order valence-electron chi connectivity index (χ1n) is 14.4. The molecule has 0 aromatic heterocycles. The Bertz CT molecular complexity index is 1300. The zero-order valence-corrected chi connectivity index (χ0v) is 23.5. The summed E-state index contributed by atoms with van der Waals surface area (Å²) < 4.78 is 5.43. The van der Waals surface area contributed by atoms with Crippen molar-refractivity contribution in [3.05, 3.63) is 102 Å². The lowest BCUT2D eigenvalue weighted by molar-refractivity contribution is -0.111. The standard InChI is InChI=1S/C33H39N5O3/c39-32(14-11-27-7-3-1-4-8-27)35-29-12-13-31(30(25-29)33(40)34-15-16-36-21-23-41-24-22-36)38-19-17-37(18-20-38)26-28-9-5-2-6-10-28/h1-14,25H,15-24,26H2,(H,34,40)(H,35,39)/b14-11+. The molecule has 0 atom stereocenters. The Balaban J connectivity index is 1.26. The zero-order valence-electron chi connectivity index (χ0n) is 23.5. The van der Waals surface area contributed by atoms with Crippen LogP contribution in [0.4, 0.5) is 11.4 Å². The molecule has 0 aliphatic carbocycles. The van der Waals surface area contributed by atoms with Crippen molar-refractivity contribution in [3.8, 4) is 0 Å². The van der Waals surface area contributed by atoms with Crippen LogP contribution in [-0.2, 0) is 16.1 Å². The first-order valence-corrected chi connectivity index (χ1v) is 14.4. The van der Waals surface area contributed by atoms with Crippen LogP contribution in [0, 0.1) is 0 Å². The molecular formula is C33H39N5O3. The molecule has 0 saturated carbocycles. The molecule has 0 spiro atoms. The second-order valence-corrected chi connectivity index (χ2v) is 10.4. The number of carbonyl (C=O) groups excluding carboxylic acids is 2. The maximum atomic E-state index is 13.5. The Morgan fingerprint density at radius 3 is 2.24 bits per heavy atom. The second-order valence-electron chi connectivity index (χ2n) is 10.4. The van der Waals surface area contributed by atoms with E-state index in [4.69, 9.17) is 4.74 Å². The predicted molar refractivity (Wildman–Crippen MR) is 164 cm³/mol. The lowest BCUT2D eigenvalue weighted by atomic mass is 10.1. The first kappa shape index (κ1) is 28.5. The van der Waals surface area contributed by atoms with Crippen LogP contribution in [0.25, 0.3) is 6.08 Å². The van der Waals surface area contributed by atoms with Crippen molar-refractivity contribution in [2.45, 2.75) is 6.54 Å². The average Bonchev–Trinajstić information content (AvgIpc) is 3.02. The lowest BCUT2D eigenvalue weighted by Crippen LogP contribution is -2.46. The number of amides is 2. The number of piperazine rings is 1. The van der Waals surface area contributed by atoms with E-state index in [0.717, 1.165) is 76.8 Å². The highest BCUT2D eigenvalue weighted by Crippen LogP contribution is 2.26. The van der Waals surface area contributed by atoms with Crippen molar-refractivity contribution in [2.75, 3.05) is 75.8 Å². The summed E-state index contributed by atoms with van der Waals surface area (Å²) in [4.78, 5) is 33.2. The molecule has 3 aromatic rings. The van der Waals surface area contributed by atoms with Gasteiger partial charge in [-0.25, -0.2) is 0 Å². The number of rotatable bonds is 10. The van der Waals surface area contributed by atoms with E-state index in [9.17, 15) is 9.59 Å². The largest absolute Gasteiger partial charge is 0.379 e. The minimum Gasteiger partial charge on any atom is -0.379 e. The van der Waals surface area contributed by atoms with Crippen LogP contribution in [-0.4, -0.2) is 87.2 Å². The molecule has 8 nitrogen and oxygen atoms in total. The predicted octanol–water partition coefficient (Wildman–Crippen LogP) is 3.72. The van der Waals surface area contributed by atoms with Crippen LogP contribution in [0.15, 0.2) is 84.9 Å². The number of morpholine rings is 1. The highest BCUT2D eigenvalue weighted by molar-refractivity contribution is 6.05. The summed E-state index contributed by atoms with van der Waals surface area (Å²) in [6.07, 6.45) is 3.29. The molecule has 5 rings (SSSR count). The van der Waals surface area contributed by atoms with Crippen molar-refractivity contribution in [1.29, 1.82) is 0 Å². The molecule has 2 fully saturated rings. The number of anilines is 2. The minimum atomic E-state index is -0.241. The van der Waals surface area contributed by atoms with E-state index < -0.39 is 0 Å². The molecule has 2 N–H and O–H groups in total. The fraction of sp³-hybridized carbons (Fsp3) is 0.333. The molecule has 2 aliphatic rings. The quantitative estimate of drug-likeness (QED) is 0.373. The maximum Gasteiger partial charge on any atom is 0.253 e. The zero-order chi connectivity index (χ0) is 28.3. The van der Waals surface area contributed by atoms with Gasteiger partial charge in [0.2, 0.25) is 5.91 Å². The average molecular weight is 554 g/mol. The van der Waals surface area contributed by atoms with Crippen molar-refractivity contribution < 1.29 is 14.3 Å². The van der Waals surface area contributed by atoms with Crippen molar-refractivity contribution in [1.82, 2.24) is 15.1 Å². The molecule has 2 amide bonds. The number of ether oxygens (including phenoxy) is 1. The molecular weight excluding hydrogens is 514 g/mol. The van der Waals surface area contributed by atoms with Crippen LogP contribution in [0.3, 0.4) is 0 Å². The fourth-order valence-electron chi connectivity index (χ4n) is 5.23. The number of benzene rings is 3. The molecule has 3 aromatic carbocycles. The summed E-state index contributed by atoms with van der Waals surface area (Å²) >= 11 is 0. The highest BCUT2D eigenvalue weighted by atomic mass is 16.5. The number of carbonyl (C=O) groups is 2. The van der Waals surface area contributed by atoms with Crippen LogP contribution < -0.4 is 15.5 Å². The first-order chi connectivity index (χ1) is 20.1. The minimum absolute atomic E-state index is 0.129. The topological polar surface area (TPSA) is 77.2 Å². The summed E-state index contributed by atoms with van der Waals surface area (Å²) in [5, 5.41) is 6.03. The van der Waals surface area contributed by atoms with Gasteiger partial charge in [-0.1, -0.05) is 60.7 Å². The Morgan fingerprint density at radius 1 is 0.805 bits per heavy atom. The Labute approximate surface area is 242 Å². The van der Waals surface area contributed by atoms with Crippen LogP contribution >= 0.6 is 0 Å². The van der Waals surface area contributed by atoms with E-state index in [1.54, 1.807) is 12.1 Å². The van der Waals surface area contributed by atoms with Gasteiger partial charge >= 0.3 is 0 Å². The number of hydrogen-bond acceptors (Lipinski definition) is 6. The second kappa shape index (κ2) is 14.6. The van der Waals surface area contributed by atoms with E-state index >= 15 is 0 Å². The third kappa shape index (κ3) is 8.50. The number of hydrogen-bond donors (Lipinski definition) is 2. The van der Waals surface area contributed by atoms with Gasteiger partial charge in [0.1, 0.15) is 0 Å². The third-order valence-electron chi connectivity index (χ3n) is 7.51. The molecule has 41 heavy (non-hydrogen) atoms. The number of nitrogens with zero attached hydrogens (tertiary/aromatic N) is 3. The van der Waals surface area contributed by atoms with Crippen LogP contribution in [0.2, 0.25) is 0 Å². The van der Waals surface area contributed by atoms with Gasteiger partial charge in [0.05, 0.1) is 18.8 Å². The van der Waals surface area contributed by atoms with Crippen LogP contribution in [0.1, 0.15) is 21.5 Å². The van der Waals surface area contributed by atoms with Crippen molar-refractivity contribution >= 4 is 29.3 Å². The molecule has 8 heteroatoms. The molecule has 2 saturated heterocycles. The highest BCUT2D eigenvalue weighted by Gasteiger charge is 2.23. The van der Waals surface area contributed by atoms with Gasteiger partial charge in [0.25, 0.3) is 5.91 Å². The maximum absolute atomic E-state index is 13.5. The van der Waals surface area contributed by atoms with E-state index in [0.29, 0.717) is 17.8 Å². The summed E-state index contributed by atoms with van der Waals surface area (Å²) in [5.41, 5.74) is 4.32. The van der Waals surface area contributed by atoms with Gasteiger partial charge in [0.15, 0.2) is 0 Å². The molecule has 0 unspecified atom stereocenters. The summed E-state index contributed by atoms with van der Waals surface area (Å²) in [6, 6.07) is 25.8. The van der Waals surface area contributed by atoms with Crippen molar-refractivity contribution in [3.63, 3.8) is 0 Å². The Morgan fingerprint density at radius 2 is 1.51 bits per heavy atom. The van der Waals surface area contributed by atoms with Gasteiger partial charge in [-0.2, -0.15) is 0 Å². The fourth-order valence-corrected chi connectivity index (χ4v) is 5.23. The molecule has 0 radical (unpaired) electrons. The molecule has 214 valence electrons. The molecule has 2 heterocycles. The Kier molecular flexibility index (Phi) is 10.2. The Hall–Kier alpha value is -3.98. The normalized spacial score (nSPS) is 16.5.